The molecular formula is C26H29N5O3. The molecule has 0 saturated carbocycles. The van der Waals surface area contributed by atoms with Crippen LogP contribution < -0.4 is 15.4 Å². The number of phenolic OH excluding ortho intramolecular Hbond substituents is 1. The molecular weight excluding hydrogens is 430 g/mol. The van der Waals surface area contributed by atoms with Crippen molar-refractivity contribution in [2.45, 2.75) is 25.8 Å². The van der Waals surface area contributed by atoms with E-state index in [1.165, 1.54) is 0 Å². The molecule has 2 fully saturated rings. The van der Waals surface area contributed by atoms with Gasteiger partial charge in [0.25, 0.3) is 0 Å². The highest BCUT2D eigenvalue weighted by Crippen LogP contribution is 2.34. The van der Waals surface area contributed by atoms with Crippen molar-refractivity contribution in [1.82, 2.24) is 14.5 Å². The van der Waals surface area contributed by atoms with Gasteiger partial charge in [0.1, 0.15) is 23.6 Å². The van der Waals surface area contributed by atoms with Gasteiger partial charge in [-0.15, -0.1) is 0 Å². The van der Waals surface area contributed by atoms with Gasteiger partial charge in [-0.05, 0) is 49.2 Å². The molecule has 2 aromatic heterocycles. The van der Waals surface area contributed by atoms with Gasteiger partial charge in [0.15, 0.2) is 0 Å². The Hall–Kier alpha value is -3.36. The second kappa shape index (κ2) is 8.14. The molecule has 2 aliphatic heterocycles. The summed E-state index contributed by atoms with van der Waals surface area (Å²) in [6, 6.07) is 13.7. The van der Waals surface area contributed by atoms with E-state index in [0.717, 1.165) is 78.3 Å². The number of anilines is 1. The Bertz CT molecular complexity index is 1360. The van der Waals surface area contributed by atoms with Crippen LogP contribution in [0.2, 0.25) is 0 Å². The third kappa shape index (κ3) is 3.73. The predicted molar refractivity (Wildman–Crippen MR) is 132 cm³/mol. The van der Waals surface area contributed by atoms with E-state index in [9.17, 15) is 5.11 Å². The van der Waals surface area contributed by atoms with Crippen LogP contribution in [0.4, 0.5) is 5.69 Å². The maximum Gasteiger partial charge on any atom is 0.139 e. The molecule has 176 valence electrons. The number of piperidine rings is 1. The van der Waals surface area contributed by atoms with Crippen molar-refractivity contribution >= 4 is 27.6 Å². The van der Waals surface area contributed by atoms with Crippen molar-refractivity contribution in [3.8, 4) is 17.3 Å². The second-order valence-corrected chi connectivity index (χ2v) is 9.85. The molecule has 6 rings (SSSR count). The lowest BCUT2D eigenvalue weighted by atomic mass is 9.90. The zero-order chi connectivity index (χ0) is 23.3. The summed E-state index contributed by atoms with van der Waals surface area (Å²) in [6.07, 6.45) is 3.68. The highest BCUT2D eigenvalue weighted by atomic mass is 16.5. The van der Waals surface area contributed by atoms with Crippen LogP contribution in [0.5, 0.6) is 11.5 Å². The average molecular weight is 460 g/mol. The van der Waals surface area contributed by atoms with E-state index >= 15 is 0 Å². The first-order chi connectivity index (χ1) is 16.5. The Morgan fingerprint density at radius 3 is 2.74 bits per heavy atom. The Morgan fingerprint density at radius 2 is 1.97 bits per heavy atom. The van der Waals surface area contributed by atoms with Crippen molar-refractivity contribution in [2.75, 3.05) is 37.8 Å². The maximum absolute atomic E-state index is 10.5. The van der Waals surface area contributed by atoms with Gasteiger partial charge >= 0.3 is 0 Å². The van der Waals surface area contributed by atoms with Crippen LogP contribution in [-0.2, 0) is 4.74 Å². The SMILES string of the molecule is CC1(COc2ccc3c(c2)ncn3-c2ccc3c(O)ccc(N4CCC(N)CC4)c3n2)COC1. The third-order valence-corrected chi connectivity index (χ3v) is 6.93. The van der Waals surface area contributed by atoms with Crippen LogP contribution in [0.15, 0.2) is 48.8 Å². The number of phenols is 1. The number of hydrogen-bond donors (Lipinski definition) is 2. The summed E-state index contributed by atoms with van der Waals surface area (Å²) in [5, 5.41) is 11.2. The van der Waals surface area contributed by atoms with Crippen LogP contribution in [-0.4, -0.2) is 58.6 Å². The largest absolute Gasteiger partial charge is 0.507 e. The number of hydrogen-bond acceptors (Lipinski definition) is 7. The first kappa shape index (κ1) is 21.2. The fraction of sp³-hybridized carbons (Fsp3) is 0.385. The quantitative estimate of drug-likeness (QED) is 0.470. The van der Waals surface area contributed by atoms with Crippen molar-refractivity contribution in [1.29, 1.82) is 0 Å². The average Bonchev–Trinajstić information content (AvgIpc) is 3.26. The first-order valence-corrected chi connectivity index (χ1v) is 11.8. The summed E-state index contributed by atoms with van der Waals surface area (Å²) in [5.74, 6) is 1.78. The van der Waals surface area contributed by atoms with Gasteiger partial charge in [0, 0.05) is 36.0 Å². The molecule has 4 aromatic rings. The number of nitrogens with zero attached hydrogens (tertiary/aromatic N) is 4. The van der Waals surface area contributed by atoms with Crippen LogP contribution >= 0.6 is 0 Å². The lowest BCUT2D eigenvalue weighted by Crippen LogP contribution is -2.44. The standard InChI is InChI=1S/C26H29N5O3/c1-26(13-33-14-26)15-34-18-2-4-21-20(12-18)28-16-31(21)24-7-3-19-23(32)6-5-22(25(19)29-24)30-10-8-17(27)9-11-30/h2-7,12,16-17,32H,8-11,13-15,27H2,1H3. The molecule has 2 saturated heterocycles. The molecule has 0 bridgehead atoms. The van der Waals surface area contributed by atoms with Gasteiger partial charge in [-0.1, -0.05) is 6.92 Å². The molecule has 2 aliphatic rings. The molecule has 8 nitrogen and oxygen atoms in total. The van der Waals surface area contributed by atoms with E-state index in [1.54, 1.807) is 12.4 Å². The summed E-state index contributed by atoms with van der Waals surface area (Å²) in [6.45, 7) is 6.03. The molecule has 0 spiro atoms. The topological polar surface area (TPSA) is 98.7 Å². The third-order valence-electron chi connectivity index (χ3n) is 6.93. The number of imidazole rings is 1. The number of benzene rings is 2. The van der Waals surface area contributed by atoms with Gasteiger partial charge in [-0.2, -0.15) is 0 Å². The molecule has 4 heterocycles. The maximum atomic E-state index is 10.5. The van der Waals surface area contributed by atoms with Gasteiger partial charge < -0.3 is 25.2 Å². The highest BCUT2D eigenvalue weighted by Gasteiger charge is 2.34. The van der Waals surface area contributed by atoms with Gasteiger partial charge in [-0.25, -0.2) is 9.97 Å². The summed E-state index contributed by atoms with van der Waals surface area (Å²) < 4.78 is 13.3. The number of aromatic hydroxyl groups is 1. The van der Waals surface area contributed by atoms with Crippen molar-refractivity contribution in [3.05, 3.63) is 48.8 Å². The normalized spacial score (nSPS) is 18.4. The molecule has 0 amide bonds. The number of nitrogens with two attached hydrogens (primary N) is 1. The molecule has 0 atom stereocenters. The molecule has 0 unspecified atom stereocenters. The monoisotopic (exact) mass is 459 g/mol. The number of pyridine rings is 1. The van der Waals surface area contributed by atoms with E-state index in [2.05, 4.69) is 16.8 Å². The van der Waals surface area contributed by atoms with Crippen LogP contribution in [0.1, 0.15) is 19.8 Å². The Labute approximate surface area is 197 Å². The Morgan fingerprint density at radius 1 is 1.15 bits per heavy atom. The highest BCUT2D eigenvalue weighted by molar-refractivity contribution is 5.96. The molecule has 8 heteroatoms. The first-order valence-electron chi connectivity index (χ1n) is 11.8. The summed E-state index contributed by atoms with van der Waals surface area (Å²) in [5.41, 5.74) is 9.79. The number of ether oxygens (including phenoxy) is 2. The molecule has 0 radical (unpaired) electrons. The van der Waals surface area contributed by atoms with Crippen LogP contribution in [0, 0.1) is 5.41 Å². The minimum atomic E-state index is 0.0893. The van der Waals surface area contributed by atoms with Crippen LogP contribution in [0.3, 0.4) is 0 Å². The second-order valence-electron chi connectivity index (χ2n) is 9.85. The zero-order valence-corrected chi connectivity index (χ0v) is 19.3. The van der Waals surface area contributed by atoms with Crippen molar-refractivity contribution in [2.24, 2.45) is 11.1 Å². The van der Waals surface area contributed by atoms with E-state index in [1.807, 2.05) is 41.0 Å². The minimum Gasteiger partial charge on any atom is -0.507 e. The van der Waals surface area contributed by atoms with E-state index < -0.39 is 0 Å². The number of aromatic nitrogens is 3. The lowest BCUT2D eigenvalue weighted by Gasteiger charge is -2.37. The molecule has 2 aromatic carbocycles. The van der Waals surface area contributed by atoms with Crippen LogP contribution in [0.25, 0.3) is 27.8 Å². The van der Waals surface area contributed by atoms with Gasteiger partial charge in [0.05, 0.1) is 42.1 Å². The minimum absolute atomic E-state index is 0.0893. The van der Waals surface area contributed by atoms with Crippen molar-refractivity contribution in [3.63, 3.8) is 0 Å². The van der Waals surface area contributed by atoms with Crippen molar-refractivity contribution < 1.29 is 14.6 Å². The molecule has 3 N–H and O–H groups in total. The smallest absolute Gasteiger partial charge is 0.139 e. The molecule has 0 aliphatic carbocycles. The number of fused-ring (bicyclic) bond motifs is 2. The Kier molecular flexibility index (Phi) is 5.08. The van der Waals surface area contributed by atoms with Gasteiger partial charge in [0.2, 0.25) is 0 Å². The fourth-order valence-electron chi connectivity index (χ4n) is 4.76. The van der Waals surface area contributed by atoms with E-state index in [-0.39, 0.29) is 17.2 Å². The molecule has 34 heavy (non-hydrogen) atoms. The van der Waals surface area contributed by atoms with E-state index in [0.29, 0.717) is 6.61 Å². The van der Waals surface area contributed by atoms with E-state index in [4.69, 9.17) is 20.2 Å². The summed E-state index contributed by atoms with van der Waals surface area (Å²) in [7, 11) is 0. The summed E-state index contributed by atoms with van der Waals surface area (Å²) in [4.78, 5) is 11.9. The Balaban J connectivity index is 1.34. The summed E-state index contributed by atoms with van der Waals surface area (Å²) >= 11 is 0. The zero-order valence-electron chi connectivity index (χ0n) is 19.3. The van der Waals surface area contributed by atoms with Gasteiger partial charge in [-0.3, -0.25) is 4.57 Å². The number of rotatable bonds is 5. The predicted octanol–water partition coefficient (Wildman–Crippen LogP) is 3.62. The lowest BCUT2D eigenvalue weighted by molar-refractivity contribution is -0.120. The fourth-order valence-corrected chi connectivity index (χ4v) is 4.76.